The van der Waals surface area contributed by atoms with Gasteiger partial charge in [0.1, 0.15) is 0 Å². The number of hydrogen-bond donors (Lipinski definition) is 1. The maximum atomic E-state index is 5.62. The predicted molar refractivity (Wildman–Crippen MR) is 86.8 cm³/mol. The first kappa shape index (κ1) is 15.4. The van der Waals surface area contributed by atoms with Crippen molar-refractivity contribution in [1.29, 1.82) is 0 Å². The minimum absolute atomic E-state index is 0.309. The Balaban J connectivity index is 1.59. The van der Waals surface area contributed by atoms with Crippen LogP contribution in [0.25, 0.3) is 0 Å². The first-order valence-corrected chi connectivity index (χ1v) is 9.11. The molecule has 2 saturated heterocycles. The summed E-state index contributed by atoms with van der Waals surface area (Å²) in [6.45, 7) is 8.37. The van der Waals surface area contributed by atoms with E-state index in [0.29, 0.717) is 5.54 Å². The number of rotatable bonds is 5. The maximum absolute atomic E-state index is 5.62. The van der Waals surface area contributed by atoms with Crippen molar-refractivity contribution in [1.82, 2.24) is 15.2 Å². The molecule has 0 amide bonds. The number of thiazole rings is 1. The number of nitrogens with zero attached hydrogens (tertiary/aromatic N) is 2. The van der Waals surface area contributed by atoms with Crippen molar-refractivity contribution in [3.8, 4) is 0 Å². The van der Waals surface area contributed by atoms with Crippen LogP contribution in [0.4, 0.5) is 0 Å². The Morgan fingerprint density at radius 1 is 1.29 bits per heavy atom. The SMILES string of the molecule is Cc1nc(CNCC2(N3CCCCC3)CCOCC2)cs1. The topological polar surface area (TPSA) is 37.4 Å². The van der Waals surface area contributed by atoms with Crippen LogP contribution in [0.1, 0.15) is 42.8 Å². The van der Waals surface area contributed by atoms with Crippen molar-refractivity contribution in [2.24, 2.45) is 0 Å². The fourth-order valence-corrected chi connectivity index (χ4v) is 4.25. The Labute approximate surface area is 131 Å². The quantitative estimate of drug-likeness (QED) is 0.907. The van der Waals surface area contributed by atoms with E-state index in [1.807, 2.05) is 0 Å². The van der Waals surface area contributed by atoms with Crippen LogP contribution < -0.4 is 5.32 Å². The fraction of sp³-hybridized carbons (Fsp3) is 0.812. The molecule has 3 rings (SSSR count). The summed E-state index contributed by atoms with van der Waals surface area (Å²) in [5.74, 6) is 0. The molecule has 0 bridgehead atoms. The van der Waals surface area contributed by atoms with Crippen molar-refractivity contribution in [2.75, 3.05) is 32.8 Å². The molecule has 2 aliphatic rings. The van der Waals surface area contributed by atoms with Gasteiger partial charge >= 0.3 is 0 Å². The van der Waals surface area contributed by atoms with E-state index in [4.69, 9.17) is 4.74 Å². The molecule has 118 valence electrons. The van der Waals surface area contributed by atoms with E-state index >= 15 is 0 Å². The third kappa shape index (κ3) is 3.83. The number of likely N-dealkylation sites (tertiary alicyclic amines) is 1. The lowest BCUT2D eigenvalue weighted by Gasteiger charge is -2.48. The van der Waals surface area contributed by atoms with E-state index < -0.39 is 0 Å². The second kappa shape index (κ2) is 7.18. The molecule has 0 radical (unpaired) electrons. The Kier molecular flexibility index (Phi) is 5.27. The van der Waals surface area contributed by atoms with Gasteiger partial charge in [0.25, 0.3) is 0 Å². The molecular formula is C16H27N3OS. The third-order valence-electron chi connectivity index (χ3n) is 4.88. The molecule has 0 saturated carbocycles. The molecule has 2 fully saturated rings. The van der Waals surface area contributed by atoms with Gasteiger partial charge in [-0.25, -0.2) is 4.98 Å². The monoisotopic (exact) mass is 309 g/mol. The zero-order chi connectivity index (χ0) is 14.5. The molecule has 5 heteroatoms. The molecule has 0 aliphatic carbocycles. The summed E-state index contributed by atoms with van der Waals surface area (Å²) in [5.41, 5.74) is 1.49. The summed E-state index contributed by atoms with van der Waals surface area (Å²) < 4.78 is 5.62. The molecule has 2 aliphatic heterocycles. The van der Waals surface area contributed by atoms with E-state index in [0.717, 1.165) is 44.2 Å². The van der Waals surface area contributed by atoms with Gasteiger partial charge in [0.2, 0.25) is 0 Å². The highest BCUT2D eigenvalue weighted by atomic mass is 32.1. The van der Waals surface area contributed by atoms with E-state index in [9.17, 15) is 0 Å². The third-order valence-corrected chi connectivity index (χ3v) is 5.70. The Morgan fingerprint density at radius 2 is 2.05 bits per heavy atom. The molecule has 0 aromatic carbocycles. The Bertz CT molecular complexity index is 436. The average Bonchev–Trinajstić information content (AvgIpc) is 2.95. The summed E-state index contributed by atoms with van der Waals surface area (Å²) in [4.78, 5) is 7.28. The lowest BCUT2D eigenvalue weighted by Crippen LogP contribution is -2.59. The molecule has 0 atom stereocenters. The number of aromatic nitrogens is 1. The lowest BCUT2D eigenvalue weighted by molar-refractivity contribution is -0.0358. The van der Waals surface area contributed by atoms with Crippen molar-refractivity contribution >= 4 is 11.3 Å². The summed E-state index contributed by atoms with van der Waals surface area (Å²) in [6.07, 6.45) is 6.43. The predicted octanol–water partition coefficient (Wildman–Crippen LogP) is 2.58. The standard InChI is InChI=1S/C16H27N3OS/c1-14-18-15(12-21-14)11-17-13-16(5-9-20-10-6-16)19-7-3-2-4-8-19/h12,17H,2-11,13H2,1H3. The average molecular weight is 309 g/mol. The van der Waals surface area contributed by atoms with E-state index in [2.05, 4.69) is 27.5 Å². The molecule has 0 spiro atoms. The normalized spacial score (nSPS) is 23.3. The van der Waals surface area contributed by atoms with Gasteiger partial charge in [0.05, 0.1) is 10.7 Å². The second-order valence-electron chi connectivity index (χ2n) is 6.35. The molecule has 3 heterocycles. The summed E-state index contributed by atoms with van der Waals surface area (Å²) in [7, 11) is 0. The smallest absolute Gasteiger partial charge is 0.0897 e. The van der Waals surface area contributed by atoms with E-state index in [-0.39, 0.29) is 0 Å². The van der Waals surface area contributed by atoms with Crippen molar-refractivity contribution in [2.45, 2.75) is 51.1 Å². The van der Waals surface area contributed by atoms with Crippen LogP contribution in [-0.4, -0.2) is 48.3 Å². The molecule has 4 nitrogen and oxygen atoms in total. The van der Waals surface area contributed by atoms with Crippen LogP contribution in [-0.2, 0) is 11.3 Å². The molecule has 1 aromatic rings. The van der Waals surface area contributed by atoms with Gasteiger partial charge in [-0.15, -0.1) is 11.3 Å². The minimum Gasteiger partial charge on any atom is -0.381 e. The second-order valence-corrected chi connectivity index (χ2v) is 7.41. The maximum Gasteiger partial charge on any atom is 0.0897 e. The Morgan fingerprint density at radius 3 is 2.71 bits per heavy atom. The molecule has 1 aromatic heterocycles. The van der Waals surface area contributed by atoms with Crippen LogP contribution >= 0.6 is 11.3 Å². The summed E-state index contributed by atoms with van der Waals surface area (Å²) in [5, 5.41) is 6.99. The zero-order valence-corrected chi connectivity index (χ0v) is 13.9. The van der Waals surface area contributed by atoms with Gasteiger partial charge in [-0.05, 0) is 45.7 Å². The van der Waals surface area contributed by atoms with Gasteiger partial charge in [-0.2, -0.15) is 0 Å². The highest BCUT2D eigenvalue weighted by Crippen LogP contribution is 2.30. The summed E-state index contributed by atoms with van der Waals surface area (Å²) in [6, 6.07) is 0. The first-order chi connectivity index (χ1) is 10.3. The van der Waals surface area contributed by atoms with E-state index in [1.54, 1.807) is 11.3 Å². The summed E-state index contributed by atoms with van der Waals surface area (Å²) >= 11 is 1.74. The lowest BCUT2D eigenvalue weighted by atomic mass is 9.86. The highest BCUT2D eigenvalue weighted by Gasteiger charge is 2.38. The van der Waals surface area contributed by atoms with Gasteiger partial charge in [0, 0.05) is 37.2 Å². The molecule has 0 unspecified atom stereocenters. The first-order valence-electron chi connectivity index (χ1n) is 8.23. The zero-order valence-electron chi connectivity index (χ0n) is 13.1. The van der Waals surface area contributed by atoms with Crippen LogP contribution in [0.2, 0.25) is 0 Å². The van der Waals surface area contributed by atoms with E-state index in [1.165, 1.54) is 38.0 Å². The van der Waals surface area contributed by atoms with Gasteiger partial charge in [-0.3, -0.25) is 4.90 Å². The highest BCUT2D eigenvalue weighted by molar-refractivity contribution is 7.09. The largest absolute Gasteiger partial charge is 0.381 e. The Hall–Kier alpha value is -0.490. The number of nitrogens with one attached hydrogen (secondary N) is 1. The van der Waals surface area contributed by atoms with Crippen LogP contribution in [0.3, 0.4) is 0 Å². The van der Waals surface area contributed by atoms with Gasteiger partial charge in [-0.1, -0.05) is 6.42 Å². The number of ether oxygens (including phenoxy) is 1. The van der Waals surface area contributed by atoms with Crippen molar-refractivity contribution < 1.29 is 4.74 Å². The fourth-order valence-electron chi connectivity index (χ4n) is 3.64. The van der Waals surface area contributed by atoms with Crippen LogP contribution in [0.5, 0.6) is 0 Å². The number of piperidine rings is 1. The van der Waals surface area contributed by atoms with Crippen molar-refractivity contribution in [3.63, 3.8) is 0 Å². The molecular weight excluding hydrogens is 282 g/mol. The molecule has 21 heavy (non-hydrogen) atoms. The van der Waals surface area contributed by atoms with Crippen LogP contribution in [0, 0.1) is 6.92 Å². The molecule has 1 N–H and O–H groups in total. The number of hydrogen-bond acceptors (Lipinski definition) is 5. The van der Waals surface area contributed by atoms with Crippen molar-refractivity contribution in [3.05, 3.63) is 16.1 Å². The van der Waals surface area contributed by atoms with Gasteiger partial charge in [0.15, 0.2) is 0 Å². The van der Waals surface area contributed by atoms with Gasteiger partial charge < -0.3 is 10.1 Å². The van der Waals surface area contributed by atoms with Crippen LogP contribution in [0.15, 0.2) is 5.38 Å². The number of aryl methyl sites for hydroxylation is 1. The minimum atomic E-state index is 0.309.